The van der Waals surface area contributed by atoms with E-state index in [1.54, 1.807) is 0 Å². The highest BCUT2D eigenvalue weighted by molar-refractivity contribution is 4.83. The van der Waals surface area contributed by atoms with Crippen LogP contribution in [-0.2, 0) is 4.74 Å². The van der Waals surface area contributed by atoms with Crippen molar-refractivity contribution in [1.82, 2.24) is 5.32 Å². The third-order valence-corrected chi connectivity index (χ3v) is 5.16. The molecule has 0 aromatic carbocycles. The normalized spacial score (nSPS) is 32.2. The maximum Gasteiger partial charge on any atom is 0.0612 e. The molecule has 0 radical (unpaired) electrons. The summed E-state index contributed by atoms with van der Waals surface area (Å²) in [6.45, 7) is 7.91. The standard InChI is InChI=1S/C17H33NO/c1-13(2)17-12-16(10-11-19-17)18-14(3)15-8-6-4-5-7-9-15/h13-18H,4-12H2,1-3H3/t14-,16?,17?/m1/s1. The van der Waals surface area contributed by atoms with Gasteiger partial charge in [-0.3, -0.25) is 0 Å². The average Bonchev–Trinajstić information content (AvgIpc) is 2.68. The van der Waals surface area contributed by atoms with E-state index in [1.807, 2.05) is 0 Å². The highest BCUT2D eigenvalue weighted by atomic mass is 16.5. The fourth-order valence-corrected chi connectivity index (χ4v) is 3.76. The van der Waals surface area contributed by atoms with Gasteiger partial charge in [-0.25, -0.2) is 0 Å². The highest BCUT2D eigenvalue weighted by Gasteiger charge is 2.27. The Morgan fingerprint density at radius 1 is 0.947 bits per heavy atom. The van der Waals surface area contributed by atoms with Gasteiger partial charge in [0.1, 0.15) is 0 Å². The van der Waals surface area contributed by atoms with Gasteiger partial charge < -0.3 is 10.1 Å². The zero-order valence-electron chi connectivity index (χ0n) is 13.2. The molecule has 2 unspecified atom stereocenters. The van der Waals surface area contributed by atoms with Crippen molar-refractivity contribution in [2.45, 2.75) is 90.3 Å². The lowest BCUT2D eigenvalue weighted by Gasteiger charge is -2.36. The minimum absolute atomic E-state index is 0.465. The molecule has 19 heavy (non-hydrogen) atoms. The average molecular weight is 267 g/mol. The number of nitrogens with one attached hydrogen (secondary N) is 1. The van der Waals surface area contributed by atoms with E-state index in [9.17, 15) is 0 Å². The van der Waals surface area contributed by atoms with Gasteiger partial charge >= 0.3 is 0 Å². The van der Waals surface area contributed by atoms with Crippen LogP contribution in [0.25, 0.3) is 0 Å². The Kier molecular flexibility index (Phi) is 6.15. The van der Waals surface area contributed by atoms with Gasteiger partial charge in [-0.05, 0) is 44.4 Å². The van der Waals surface area contributed by atoms with E-state index < -0.39 is 0 Å². The van der Waals surface area contributed by atoms with Crippen LogP contribution in [-0.4, -0.2) is 24.8 Å². The van der Waals surface area contributed by atoms with E-state index >= 15 is 0 Å². The van der Waals surface area contributed by atoms with Gasteiger partial charge in [0, 0.05) is 18.7 Å². The first kappa shape index (κ1) is 15.3. The van der Waals surface area contributed by atoms with Crippen molar-refractivity contribution in [1.29, 1.82) is 0 Å². The molecule has 0 aromatic rings. The molecule has 1 heterocycles. The van der Waals surface area contributed by atoms with Crippen LogP contribution < -0.4 is 5.32 Å². The van der Waals surface area contributed by atoms with Gasteiger partial charge in [-0.1, -0.05) is 39.5 Å². The molecular formula is C17H33NO. The fourth-order valence-electron chi connectivity index (χ4n) is 3.76. The predicted molar refractivity (Wildman–Crippen MR) is 81.4 cm³/mol. The summed E-state index contributed by atoms with van der Waals surface area (Å²) in [5.74, 6) is 1.56. The Labute approximate surface area is 119 Å². The van der Waals surface area contributed by atoms with Crippen LogP contribution in [0.4, 0.5) is 0 Å². The second-order valence-electron chi connectivity index (χ2n) is 7.08. The molecule has 1 saturated carbocycles. The molecule has 0 amide bonds. The molecule has 2 rings (SSSR count). The third kappa shape index (κ3) is 4.75. The van der Waals surface area contributed by atoms with Crippen LogP contribution in [0.1, 0.15) is 72.1 Å². The van der Waals surface area contributed by atoms with Gasteiger partial charge in [0.15, 0.2) is 0 Å². The molecule has 3 atom stereocenters. The summed E-state index contributed by atoms with van der Waals surface area (Å²) in [4.78, 5) is 0. The molecular weight excluding hydrogens is 234 g/mol. The Bertz CT molecular complexity index is 246. The summed E-state index contributed by atoms with van der Waals surface area (Å²) >= 11 is 0. The van der Waals surface area contributed by atoms with Crippen LogP contribution >= 0.6 is 0 Å². The van der Waals surface area contributed by atoms with Gasteiger partial charge in [-0.2, -0.15) is 0 Å². The first-order chi connectivity index (χ1) is 9.16. The van der Waals surface area contributed by atoms with E-state index in [0.717, 1.165) is 12.5 Å². The summed E-state index contributed by atoms with van der Waals surface area (Å²) in [6.07, 6.45) is 11.5. The fraction of sp³-hybridized carbons (Fsp3) is 1.00. The lowest BCUT2D eigenvalue weighted by molar-refractivity contribution is -0.0267. The van der Waals surface area contributed by atoms with E-state index in [-0.39, 0.29) is 0 Å². The lowest BCUT2D eigenvalue weighted by Crippen LogP contribution is -2.46. The summed E-state index contributed by atoms with van der Waals surface area (Å²) in [6, 6.07) is 1.37. The molecule has 1 aliphatic carbocycles. The SMILES string of the molecule is CC(C)C1CC(N[C@H](C)C2CCCCCC2)CCO1. The van der Waals surface area contributed by atoms with Crippen molar-refractivity contribution < 1.29 is 4.74 Å². The van der Waals surface area contributed by atoms with Crippen LogP contribution in [0, 0.1) is 11.8 Å². The Morgan fingerprint density at radius 2 is 1.63 bits per heavy atom. The second-order valence-corrected chi connectivity index (χ2v) is 7.08. The Morgan fingerprint density at radius 3 is 2.26 bits per heavy atom. The molecule has 2 fully saturated rings. The maximum absolute atomic E-state index is 5.88. The van der Waals surface area contributed by atoms with Crippen LogP contribution in [0.15, 0.2) is 0 Å². The molecule has 1 N–H and O–H groups in total. The molecule has 0 bridgehead atoms. The number of ether oxygens (including phenoxy) is 1. The van der Waals surface area contributed by atoms with Crippen molar-refractivity contribution in [2.24, 2.45) is 11.8 Å². The van der Waals surface area contributed by atoms with Gasteiger partial charge in [0.25, 0.3) is 0 Å². The largest absolute Gasteiger partial charge is 0.378 e. The first-order valence-electron chi connectivity index (χ1n) is 8.54. The molecule has 1 aliphatic heterocycles. The number of rotatable bonds is 4. The maximum atomic E-state index is 5.88. The monoisotopic (exact) mass is 267 g/mol. The van der Waals surface area contributed by atoms with Crippen molar-refractivity contribution in [3.63, 3.8) is 0 Å². The minimum Gasteiger partial charge on any atom is -0.378 e. The molecule has 1 saturated heterocycles. The third-order valence-electron chi connectivity index (χ3n) is 5.16. The first-order valence-corrected chi connectivity index (χ1v) is 8.54. The zero-order valence-corrected chi connectivity index (χ0v) is 13.2. The Balaban J connectivity index is 1.78. The molecule has 2 heteroatoms. The smallest absolute Gasteiger partial charge is 0.0612 e. The molecule has 0 spiro atoms. The molecule has 112 valence electrons. The van der Waals surface area contributed by atoms with Crippen molar-refractivity contribution >= 4 is 0 Å². The predicted octanol–water partition coefficient (Wildman–Crippen LogP) is 4.14. The topological polar surface area (TPSA) is 21.3 Å². The molecule has 2 aliphatic rings. The minimum atomic E-state index is 0.465. The summed E-state index contributed by atoms with van der Waals surface area (Å²) in [5.41, 5.74) is 0. The van der Waals surface area contributed by atoms with E-state index in [2.05, 4.69) is 26.1 Å². The number of hydrogen-bond acceptors (Lipinski definition) is 2. The van der Waals surface area contributed by atoms with E-state index in [1.165, 1.54) is 51.4 Å². The van der Waals surface area contributed by atoms with Crippen molar-refractivity contribution in [3.05, 3.63) is 0 Å². The second kappa shape index (κ2) is 7.64. The van der Waals surface area contributed by atoms with Crippen molar-refractivity contribution in [2.75, 3.05) is 6.61 Å². The summed E-state index contributed by atoms with van der Waals surface area (Å²) in [5, 5.41) is 3.92. The van der Waals surface area contributed by atoms with Crippen molar-refractivity contribution in [3.8, 4) is 0 Å². The Hall–Kier alpha value is -0.0800. The van der Waals surface area contributed by atoms with Crippen LogP contribution in [0.5, 0.6) is 0 Å². The van der Waals surface area contributed by atoms with Gasteiger partial charge in [0.05, 0.1) is 6.10 Å². The van der Waals surface area contributed by atoms with Crippen LogP contribution in [0.3, 0.4) is 0 Å². The molecule has 0 aromatic heterocycles. The van der Waals surface area contributed by atoms with Gasteiger partial charge in [-0.15, -0.1) is 0 Å². The number of hydrogen-bond donors (Lipinski definition) is 1. The van der Waals surface area contributed by atoms with E-state index in [4.69, 9.17) is 4.74 Å². The summed E-state index contributed by atoms with van der Waals surface area (Å²) in [7, 11) is 0. The molecule has 2 nitrogen and oxygen atoms in total. The van der Waals surface area contributed by atoms with E-state index in [0.29, 0.717) is 24.1 Å². The van der Waals surface area contributed by atoms with Gasteiger partial charge in [0.2, 0.25) is 0 Å². The zero-order chi connectivity index (χ0) is 13.7. The highest BCUT2D eigenvalue weighted by Crippen LogP contribution is 2.27. The quantitative estimate of drug-likeness (QED) is 0.773. The lowest BCUT2D eigenvalue weighted by atomic mass is 9.90. The van der Waals surface area contributed by atoms with Crippen LogP contribution in [0.2, 0.25) is 0 Å². The summed E-state index contributed by atoms with van der Waals surface area (Å²) < 4.78 is 5.88.